The van der Waals surface area contributed by atoms with Crippen molar-refractivity contribution in [3.8, 4) is 5.75 Å². The van der Waals surface area contributed by atoms with E-state index in [1.54, 1.807) is 18.2 Å². The van der Waals surface area contributed by atoms with Crippen molar-refractivity contribution < 1.29 is 14.3 Å². The first-order chi connectivity index (χ1) is 11.9. The maximum Gasteiger partial charge on any atom is 0.252 e. The number of nitrogens with two attached hydrogens (primary N) is 3. The second kappa shape index (κ2) is 8.90. The number of methoxy groups -OCH3 is 1. The zero-order chi connectivity index (χ0) is 18.6. The highest BCUT2D eigenvalue weighted by Gasteiger charge is 2.36. The molecule has 26 heavy (non-hydrogen) atoms. The van der Waals surface area contributed by atoms with Crippen molar-refractivity contribution in [3.05, 3.63) is 23.8 Å². The van der Waals surface area contributed by atoms with Gasteiger partial charge < -0.3 is 26.8 Å². The van der Waals surface area contributed by atoms with Crippen LogP contribution in [0.3, 0.4) is 0 Å². The van der Waals surface area contributed by atoms with E-state index in [1.165, 1.54) is 7.11 Å². The van der Waals surface area contributed by atoms with Gasteiger partial charge in [0.05, 0.1) is 7.11 Å². The zero-order valence-corrected chi connectivity index (χ0v) is 15.2. The fraction of sp³-hybridized carbons (Fsp3) is 0.333. The van der Waals surface area contributed by atoms with Crippen LogP contribution < -0.4 is 32.3 Å². The van der Waals surface area contributed by atoms with Crippen LogP contribution in [-0.4, -0.2) is 43.8 Å². The summed E-state index contributed by atoms with van der Waals surface area (Å²) in [6.07, 6.45) is 0. The lowest BCUT2D eigenvalue weighted by molar-refractivity contribution is -0.123. The lowest BCUT2D eigenvalue weighted by atomic mass is 9.90. The van der Waals surface area contributed by atoms with Crippen molar-refractivity contribution in [2.24, 2.45) is 33.2 Å². The Balaban J connectivity index is 0.00000338. The van der Waals surface area contributed by atoms with Crippen LogP contribution in [0.15, 0.2) is 28.3 Å². The average molecular weight is 384 g/mol. The van der Waals surface area contributed by atoms with E-state index in [0.717, 1.165) is 5.69 Å². The first kappa shape index (κ1) is 21.0. The Labute approximate surface area is 156 Å². The van der Waals surface area contributed by atoms with E-state index in [-0.39, 0.29) is 36.7 Å². The molecular weight excluding hydrogens is 362 g/mol. The summed E-state index contributed by atoms with van der Waals surface area (Å²) in [7, 11) is 1.51. The SMILES string of the molecule is CCN1CC(C(=O)N/N=C(\N)N=C(N)N)C(=O)c2cc(OC)ccc21.Cl. The van der Waals surface area contributed by atoms with Crippen molar-refractivity contribution in [2.75, 3.05) is 25.1 Å². The molecule has 0 saturated carbocycles. The van der Waals surface area contributed by atoms with Crippen LogP contribution in [0.1, 0.15) is 17.3 Å². The fourth-order valence-corrected chi connectivity index (χ4v) is 2.55. The number of fused-ring (bicyclic) bond motifs is 1. The van der Waals surface area contributed by atoms with E-state index in [1.807, 2.05) is 11.8 Å². The first-order valence-electron chi connectivity index (χ1n) is 7.57. The predicted octanol–water partition coefficient (Wildman–Crippen LogP) is -0.625. The van der Waals surface area contributed by atoms with Gasteiger partial charge in [0.15, 0.2) is 11.7 Å². The Bertz CT molecular complexity index is 747. The fourth-order valence-electron chi connectivity index (χ4n) is 2.55. The predicted molar refractivity (Wildman–Crippen MR) is 102 cm³/mol. The second-order valence-electron chi connectivity index (χ2n) is 5.32. The number of ether oxygens (including phenoxy) is 1. The van der Waals surface area contributed by atoms with Crippen molar-refractivity contribution in [2.45, 2.75) is 6.92 Å². The molecule has 1 aromatic rings. The number of carbonyl (C=O) groups is 2. The van der Waals surface area contributed by atoms with Crippen LogP contribution in [0.25, 0.3) is 0 Å². The molecule has 0 fully saturated rings. The number of carbonyl (C=O) groups excluding carboxylic acids is 2. The number of rotatable bonds is 4. The number of nitrogens with zero attached hydrogens (tertiary/aromatic N) is 3. The largest absolute Gasteiger partial charge is 0.497 e. The molecule has 0 saturated heterocycles. The maximum atomic E-state index is 12.7. The zero-order valence-electron chi connectivity index (χ0n) is 14.4. The van der Waals surface area contributed by atoms with E-state index < -0.39 is 11.8 Å². The van der Waals surface area contributed by atoms with E-state index in [9.17, 15) is 9.59 Å². The lowest BCUT2D eigenvalue weighted by Crippen LogP contribution is -2.46. The molecule has 1 aliphatic heterocycles. The Kier molecular flexibility index (Phi) is 7.20. The number of hydrogen-bond acceptors (Lipinski definition) is 5. The van der Waals surface area contributed by atoms with E-state index in [4.69, 9.17) is 21.9 Å². The number of ketones is 1. The minimum Gasteiger partial charge on any atom is -0.497 e. The van der Waals surface area contributed by atoms with Crippen LogP contribution >= 0.6 is 12.4 Å². The van der Waals surface area contributed by atoms with Crippen LogP contribution in [0, 0.1) is 5.92 Å². The monoisotopic (exact) mass is 383 g/mol. The van der Waals surface area contributed by atoms with Gasteiger partial charge in [-0.3, -0.25) is 9.59 Å². The molecule has 1 unspecified atom stereocenters. The van der Waals surface area contributed by atoms with E-state index in [0.29, 0.717) is 17.9 Å². The summed E-state index contributed by atoms with van der Waals surface area (Å²) in [5, 5.41) is 3.57. The van der Waals surface area contributed by atoms with Crippen molar-refractivity contribution in [3.63, 3.8) is 0 Å². The van der Waals surface area contributed by atoms with Crippen molar-refractivity contribution in [1.29, 1.82) is 0 Å². The molecule has 10 nitrogen and oxygen atoms in total. The molecule has 0 spiro atoms. The number of benzene rings is 1. The molecule has 142 valence electrons. The first-order valence-corrected chi connectivity index (χ1v) is 7.57. The molecule has 0 bridgehead atoms. The minimum atomic E-state index is -0.935. The smallest absolute Gasteiger partial charge is 0.252 e. The van der Waals surface area contributed by atoms with Crippen LogP contribution in [-0.2, 0) is 4.79 Å². The van der Waals surface area contributed by atoms with Gasteiger partial charge in [0, 0.05) is 24.3 Å². The summed E-state index contributed by atoms with van der Waals surface area (Å²) in [4.78, 5) is 30.5. The van der Waals surface area contributed by atoms with Gasteiger partial charge in [-0.15, -0.1) is 17.5 Å². The quantitative estimate of drug-likeness (QED) is 0.233. The number of halogens is 1. The molecule has 2 rings (SSSR count). The maximum absolute atomic E-state index is 12.7. The highest BCUT2D eigenvalue weighted by Crippen LogP contribution is 2.32. The van der Waals surface area contributed by atoms with Gasteiger partial charge in [0.1, 0.15) is 11.7 Å². The molecular formula is C15H22ClN7O3. The molecule has 1 heterocycles. The molecule has 1 atom stereocenters. The number of guanidine groups is 2. The highest BCUT2D eigenvalue weighted by molar-refractivity contribution is 6.15. The molecule has 1 aliphatic rings. The molecule has 7 N–H and O–H groups in total. The third-order valence-corrected chi connectivity index (χ3v) is 3.75. The van der Waals surface area contributed by atoms with Gasteiger partial charge in [-0.1, -0.05) is 0 Å². The summed E-state index contributed by atoms with van der Waals surface area (Å²) in [6.45, 7) is 2.81. The number of hydrogen-bond donors (Lipinski definition) is 4. The summed E-state index contributed by atoms with van der Waals surface area (Å²) in [6, 6.07) is 5.20. The summed E-state index contributed by atoms with van der Waals surface area (Å²) in [5.41, 5.74) is 19.2. The summed E-state index contributed by atoms with van der Waals surface area (Å²) < 4.78 is 5.16. The van der Waals surface area contributed by atoms with Gasteiger partial charge in [0.2, 0.25) is 5.96 Å². The van der Waals surface area contributed by atoms with E-state index in [2.05, 4.69) is 15.5 Å². The minimum absolute atomic E-state index is 0. The summed E-state index contributed by atoms with van der Waals surface area (Å²) in [5.74, 6) is -1.90. The number of amides is 1. The normalized spacial score (nSPS) is 16.2. The number of hydrazone groups is 1. The third kappa shape index (κ3) is 4.54. The molecule has 1 amide bonds. The van der Waals surface area contributed by atoms with E-state index >= 15 is 0 Å². The van der Waals surface area contributed by atoms with Gasteiger partial charge >= 0.3 is 0 Å². The third-order valence-electron chi connectivity index (χ3n) is 3.75. The van der Waals surface area contributed by atoms with Gasteiger partial charge in [-0.2, -0.15) is 4.99 Å². The van der Waals surface area contributed by atoms with Gasteiger partial charge in [0.25, 0.3) is 5.91 Å². The van der Waals surface area contributed by atoms with Crippen LogP contribution in [0.4, 0.5) is 5.69 Å². The van der Waals surface area contributed by atoms with Crippen molar-refractivity contribution >= 4 is 41.7 Å². The topological polar surface area (TPSA) is 161 Å². The Hall–Kier alpha value is -3.01. The van der Waals surface area contributed by atoms with Gasteiger partial charge in [-0.25, -0.2) is 5.43 Å². The molecule has 11 heteroatoms. The van der Waals surface area contributed by atoms with Gasteiger partial charge in [-0.05, 0) is 25.1 Å². The molecule has 0 aromatic heterocycles. The second-order valence-corrected chi connectivity index (χ2v) is 5.32. The summed E-state index contributed by atoms with van der Waals surface area (Å²) >= 11 is 0. The molecule has 1 aromatic carbocycles. The van der Waals surface area contributed by atoms with Crippen LogP contribution in [0.5, 0.6) is 5.75 Å². The highest BCUT2D eigenvalue weighted by atomic mass is 35.5. The Morgan fingerprint density at radius 2 is 2.08 bits per heavy atom. The molecule has 0 aliphatic carbocycles. The lowest BCUT2D eigenvalue weighted by Gasteiger charge is -2.33. The average Bonchev–Trinajstić information content (AvgIpc) is 2.59. The molecule has 0 radical (unpaired) electrons. The van der Waals surface area contributed by atoms with Crippen molar-refractivity contribution in [1.82, 2.24) is 5.43 Å². The number of Topliss-reactive ketones (excluding diaryl/α,β-unsaturated/α-hetero) is 1. The standard InChI is InChI=1S/C15H21N7O3.ClH/c1-3-22-7-10(13(24)20-21-15(18)19-14(16)17)12(23)9-6-8(25-2)4-5-11(9)22;/h4-6,10H,3,7H2,1-2H3,(H,20,24)(H6,16,17,18,19,21);1H. The Morgan fingerprint density at radius 3 is 2.65 bits per heavy atom. The van der Waals surface area contributed by atoms with Crippen LogP contribution in [0.2, 0.25) is 0 Å². The Morgan fingerprint density at radius 1 is 1.38 bits per heavy atom. The number of anilines is 1. The number of nitrogens with one attached hydrogen (secondary N) is 1. The number of aliphatic imine (C=N–C) groups is 1.